The van der Waals surface area contributed by atoms with Crippen molar-refractivity contribution in [2.45, 2.75) is 59.5 Å². The van der Waals surface area contributed by atoms with Crippen LogP contribution in [0.3, 0.4) is 0 Å². The van der Waals surface area contributed by atoms with Gasteiger partial charge in [0, 0.05) is 6.42 Å². The highest BCUT2D eigenvalue weighted by Crippen LogP contribution is 2.19. The molecule has 19 heavy (non-hydrogen) atoms. The van der Waals surface area contributed by atoms with E-state index in [2.05, 4.69) is 0 Å². The highest BCUT2D eigenvalue weighted by molar-refractivity contribution is 5.75. The highest BCUT2D eigenvalue weighted by atomic mass is 16.6. The van der Waals surface area contributed by atoms with E-state index < -0.39 is 5.60 Å². The van der Waals surface area contributed by atoms with E-state index >= 15 is 0 Å². The van der Waals surface area contributed by atoms with Gasteiger partial charge in [0.15, 0.2) is 0 Å². The molecule has 0 fully saturated rings. The molecular formula is C15H26O4. The van der Waals surface area contributed by atoms with Gasteiger partial charge in [-0.2, -0.15) is 0 Å². The SMILES string of the molecule is CC=CCC(CCC(=O)OCC)C(=O)OC(C)(C)C. The summed E-state index contributed by atoms with van der Waals surface area (Å²) in [5, 5.41) is 0. The predicted molar refractivity (Wildman–Crippen MR) is 74.6 cm³/mol. The second-order valence-electron chi connectivity index (χ2n) is 5.38. The third kappa shape index (κ3) is 9.28. The molecule has 0 N–H and O–H groups in total. The maximum Gasteiger partial charge on any atom is 0.309 e. The van der Waals surface area contributed by atoms with Crippen LogP contribution in [0.25, 0.3) is 0 Å². The average molecular weight is 270 g/mol. The van der Waals surface area contributed by atoms with E-state index in [0.29, 0.717) is 19.4 Å². The zero-order valence-electron chi connectivity index (χ0n) is 12.7. The monoisotopic (exact) mass is 270 g/mol. The summed E-state index contributed by atoms with van der Waals surface area (Å²) in [6, 6.07) is 0. The van der Waals surface area contributed by atoms with Gasteiger partial charge in [-0.05, 0) is 47.5 Å². The Bertz CT molecular complexity index is 313. The summed E-state index contributed by atoms with van der Waals surface area (Å²) in [4.78, 5) is 23.4. The van der Waals surface area contributed by atoms with Crippen LogP contribution < -0.4 is 0 Å². The minimum absolute atomic E-state index is 0.245. The third-order valence-corrected chi connectivity index (χ3v) is 2.40. The summed E-state index contributed by atoms with van der Waals surface area (Å²) in [5.41, 5.74) is -0.505. The molecule has 4 heteroatoms. The molecule has 1 atom stereocenters. The quantitative estimate of drug-likeness (QED) is 0.526. The molecule has 0 aromatic rings. The van der Waals surface area contributed by atoms with Crippen molar-refractivity contribution in [3.05, 3.63) is 12.2 Å². The Hall–Kier alpha value is -1.32. The predicted octanol–water partition coefficient (Wildman–Crippen LogP) is 3.25. The molecule has 1 unspecified atom stereocenters. The molecule has 0 saturated carbocycles. The van der Waals surface area contributed by atoms with Gasteiger partial charge in [-0.1, -0.05) is 12.2 Å². The maximum absolute atomic E-state index is 12.0. The fraction of sp³-hybridized carbons (Fsp3) is 0.733. The number of carbonyl (C=O) groups excluding carboxylic acids is 2. The van der Waals surface area contributed by atoms with E-state index in [4.69, 9.17) is 9.47 Å². The largest absolute Gasteiger partial charge is 0.466 e. The lowest BCUT2D eigenvalue weighted by molar-refractivity contribution is -0.160. The fourth-order valence-corrected chi connectivity index (χ4v) is 1.54. The molecule has 0 aromatic heterocycles. The van der Waals surface area contributed by atoms with Gasteiger partial charge in [-0.25, -0.2) is 0 Å². The van der Waals surface area contributed by atoms with Crippen LogP contribution >= 0.6 is 0 Å². The molecule has 0 saturated heterocycles. The molecule has 0 bridgehead atoms. The first-order chi connectivity index (χ1) is 8.80. The zero-order chi connectivity index (χ0) is 14.9. The molecular weight excluding hydrogens is 244 g/mol. The molecule has 4 nitrogen and oxygen atoms in total. The minimum Gasteiger partial charge on any atom is -0.466 e. The smallest absolute Gasteiger partial charge is 0.309 e. The van der Waals surface area contributed by atoms with Crippen molar-refractivity contribution in [1.82, 2.24) is 0 Å². The van der Waals surface area contributed by atoms with E-state index in [1.54, 1.807) is 6.92 Å². The number of hydrogen-bond donors (Lipinski definition) is 0. The van der Waals surface area contributed by atoms with Gasteiger partial charge in [0.05, 0.1) is 12.5 Å². The summed E-state index contributed by atoms with van der Waals surface area (Å²) < 4.78 is 10.2. The number of ether oxygens (including phenoxy) is 2. The van der Waals surface area contributed by atoms with Crippen LogP contribution in [0.2, 0.25) is 0 Å². The van der Waals surface area contributed by atoms with Gasteiger partial charge >= 0.3 is 11.9 Å². The topological polar surface area (TPSA) is 52.6 Å². The van der Waals surface area contributed by atoms with E-state index in [9.17, 15) is 9.59 Å². The lowest BCUT2D eigenvalue weighted by atomic mass is 9.99. The molecule has 0 radical (unpaired) electrons. The number of allylic oxidation sites excluding steroid dienone is 2. The molecule has 0 aliphatic heterocycles. The highest BCUT2D eigenvalue weighted by Gasteiger charge is 2.25. The Kier molecular flexibility index (Phi) is 8.12. The average Bonchev–Trinajstić information content (AvgIpc) is 2.27. The Morgan fingerprint density at radius 3 is 2.37 bits per heavy atom. The van der Waals surface area contributed by atoms with Gasteiger partial charge in [-0.15, -0.1) is 0 Å². The van der Waals surface area contributed by atoms with Crippen molar-refractivity contribution in [3.8, 4) is 0 Å². The van der Waals surface area contributed by atoms with E-state index in [1.807, 2.05) is 39.8 Å². The number of hydrogen-bond acceptors (Lipinski definition) is 4. The number of carbonyl (C=O) groups is 2. The molecule has 110 valence electrons. The van der Waals surface area contributed by atoms with Crippen molar-refractivity contribution < 1.29 is 19.1 Å². The van der Waals surface area contributed by atoms with Gasteiger partial charge in [0.2, 0.25) is 0 Å². The molecule has 0 aromatic carbocycles. The van der Waals surface area contributed by atoms with Gasteiger partial charge in [0.25, 0.3) is 0 Å². The number of rotatable bonds is 7. The molecule has 0 heterocycles. The zero-order valence-corrected chi connectivity index (χ0v) is 12.7. The second-order valence-corrected chi connectivity index (χ2v) is 5.38. The maximum atomic E-state index is 12.0. The van der Waals surface area contributed by atoms with Crippen molar-refractivity contribution >= 4 is 11.9 Å². The standard InChI is InChI=1S/C15H26O4/c1-6-8-9-12(10-11-13(16)18-7-2)14(17)19-15(3,4)5/h6,8,12H,7,9-11H2,1-5H3. The Morgan fingerprint density at radius 1 is 1.26 bits per heavy atom. The van der Waals surface area contributed by atoms with Crippen LogP contribution in [0.1, 0.15) is 53.9 Å². The summed E-state index contributed by atoms with van der Waals surface area (Å²) in [5.74, 6) is -0.814. The third-order valence-electron chi connectivity index (χ3n) is 2.40. The minimum atomic E-state index is -0.505. The Balaban J connectivity index is 4.45. The van der Waals surface area contributed by atoms with E-state index in [1.165, 1.54) is 0 Å². The van der Waals surface area contributed by atoms with Crippen molar-refractivity contribution in [2.24, 2.45) is 5.92 Å². The van der Waals surface area contributed by atoms with Gasteiger partial charge < -0.3 is 9.47 Å². The van der Waals surface area contributed by atoms with Crippen LogP contribution in [-0.2, 0) is 19.1 Å². The summed E-state index contributed by atoms with van der Waals surface area (Å²) >= 11 is 0. The first kappa shape index (κ1) is 17.7. The van der Waals surface area contributed by atoms with Crippen LogP contribution in [0.5, 0.6) is 0 Å². The van der Waals surface area contributed by atoms with Gasteiger partial charge in [-0.3, -0.25) is 9.59 Å². The van der Waals surface area contributed by atoms with Gasteiger partial charge in [0.1, 0.15) is 5.60 Å². The van der Waals surface area contributed by atoms with Crippen LogP contribution in [-0.4, -0.2) is 24.1 Å². The normalized spacial score (nSPS) is 13.3. The van der Waals surface area contributed by atoms with E-state index in [-0.39, 0.29) is 24.3 Å². The van der Waals surface area contributed by atoms with Crippen LogP contribution in [0.15, 0.2) is 12.2 Å². The first-order valence-electron chi connectivity index (χ1n) is 6.79. The molecule has 0 amide bonds. The number of esters is 2. The second kappa shape index (κ2) is 8.73. The molecule has 0 rings (SSSR count). The lowest BCUT2D eigenvalue weighted by Gasteiger charge is -2.23. The Morgan fingerprint density at radius 2 is 1.89 bits per heavy atom. The van der Waals surface area contributed by atoms with Crippen molar-refractivity contribution in [2.75, 3.05) is 6.61 Å². The van der Waals surface area contributed by atoms with E-state index in [0.717, 1.165) is 0 Å². The summed E-state index contributed by atoms with van der Waals surface area (Å²) in [6.45, 7) is 9.54. The molecule has 0 spiro atoms. The van der Waals surface area contributed by atoms with Crippen molar-refractivity contribution in [3.63, 3.8) is 0 Å². The molecule has 0 aliphatic rings. The summed E-state index contributed by atoms with van der Waals surface area (Å²) in [7, 11) is 0. The van der Waals surface area contributed by atoms with Crippen LogP contribution in [0, 0.1) is 5.92 Å². The first-order valence-corrected chi connectivity index (χ1v) is 6.79. The van der Waals surface area contributed by atoms with Crippen molar-refractivity contribution in [1.29, 1.82) is 0 Å². The lowest BCUT2D eigenvalue weighted by Crippen LogP contribution is -2.29. The van der Waals surface area contributed by atoms with Crippen LogP contribution in [0.4, 0.5) is 0 Å². The Labute approximate surface area is 116 Å². The fourth-order valence-electron chi connectivity index (χ4n) is 1.54. The molecule has 0 aliphatic carbocycles. The summed E-state index contributed by atoms with van der Waals surface area (Å²) in [6.07, 6.45) is 5.10.